The van der Waals surface area contributed by atoms with Crippen LogP contribution in [0.25, 0.3) is 10.8 Å². The van der Waals surface area contributed by atoms with Crippen LogP contribution in [0.5, 0.6) is 0 Å². The first kappa shape index (κ1) is 11.1. The second-order valence-corrected chi connectivity index (χ2v) is 4.33. The molecule has 2 aromatic rings. The van der Waals surface area contributed by atoms with Crippen LogP contribution in [0.4, 0.5) is 0 Å². The molecule has 0 saturated heterocycles. The zero-order valence-electron chi connectivity index (χ0n) is 8.65. The summed E-state index contributed by atoms with van der Waals surface area (Å²) in [6.45, 7) is 0.907. The predicted molar refractivity (Wildman–Crippen MR) is 67.4 cm³/mol. The molecule has 0 unspecified atom stereocenters. The maximum Gasteiger partial charge on any atom is 0.293 e. The monoisotopic (exact) mass is 278 g/mol. The Morgan fingerprint density at radius 1 is 1.19 bits per heavy atom. The minimum absolute atomic E-state index is 0.421. The van der Waals surface area contributed by atoms with Crippen LogP contribution in [0, 0.1) is 0 Å². The molecule has 0 aliphatic rings. The number of hydrogen-bond donors (Lipinski definition) is 0. The summed E-state index contributed by atoms with van der Waals surface area (Å²) in [4.78, 5) is 10.1. The van der Waals surface area contributed by atoms with Crippen molar-refractivity contribution in [3.63, 3.8) is 0 Å². The highest BCUT2D eigenvalue weighted by Gasteiger charge is 2.04. The first-order valence-electron chi connectivity index (χ1n) is 5.04. The molecule has 2 nitrogen and oxygen atoms in total. The molecule has 0 amide bonds. The molecule has 82 valence electrons. The lowest BCUT2D eigenvalue weighted by Gasteiger charge is -2.07. The average Bonchev–Trinajstić information content (AvgIpc) is 2.30. The lowest BCUT2D eigenvalue weighted by atomic mass is 10.0. The normalized spacial score (nSPS) is 10.3. The van der Waals surface area contributed by atoms with Crippen LogP contribution in [0.3, 0.4) is 0 Å². The smallest absolute Gasteiger partial charge is 0.293 e. The van der Waals surface area contributed by atoms with Crippen molar-refractivity contribution in [2.45, 2.75) is 6.42 Å². The van der Waals surface area contributed by atoms with Crippen molar-refractivity contribution >= 4 is 33.2 Å². The van der Waals surface area contributed by atoms with Gasteiger partial charge >= 0.3 is 0 Å². The van der Waals surface area contributed by atoms with Crippen molar-refractivity contribution in [1.29, 1.82) is 0 Å². The molecule has 0 saturated carbocycles. The molecule has 0 aromatic heterocycles. The van der Waals surface area contributed by atoms with Gasteiger partial charge in [-0.3, -0.25) is 4.79 Å². The van der Waals surface area contributed by atoms with E-state index in [9.17, 15) is 4.79 Å². The van der Waals surface area contributed by atoms with Gasteiger partial charge in [0.15, 0.2) is 0 Å². The van der Waals surface area contributed by atoms with E-state index in [-0.39, 0.29) is 0 Å². The summed E-state index contributed by atoms with van der Waals surface area (Å²) in [7, 11) is 0. The topological polar surface area (TPSA) is 26.3 Å². The lowest BCUT2D eigenvalue weighted by molar-refractivity contribution is -0.128. The third kappa shape index (κ3) is 2.25. The van der Waals surface area contributed by atoms with Gasteiger partial charge in [0.1, 0.15) is 0 Å². The minimum Gasteiger partial charge on any atom is -0.468 e. The van der Waals surface area contributed by atoms with Crippen molar-refractivity contribution in [2.75, 3.05) is 6.61 Å². The molecule has 0 aliphatic carbocycles. The van der Waals surface area contributed by atoms with Gasteiger partial charge < -0.3 is 4.74 Å². The van der Waals surface area contributed by atoms with Crippen molar-refractivity contribution in [1.82, 2.24) is 0 Å². The number of fused-ring (bicyclic) bond motifs is 1. The van der Waals surface area contributed by atoms with Crippen molar-refractivity contribution in [3.05, 3.63) is 46.4 Å². The Hall–Kier alpha value is -1.35. The molecule has 2 aromatic carbocycles. The molecule has 0 bridgehead atoms. The standard InChI is InChI=1S/C13H11BrO2/c14-12-6-2-5-10-3-1-4-11(13(10)12)7-8-16-9-15/h1-6,9H,7-8H2. The number of halogens is 1. The number of hydrogen-bond acceptors (Lipinski definition) is 2. The van der Waals surface area contributed by atoms with Gasteiger partial charge in [-0.15, -0.1) is 0 Å². The Balaban J connectivity index is 2.40. The zero-order valence-corrected chi connectivity index (χ0v) is 10.2. The van der Waals surface area contributed by atoms with E-state index in [4.69, 9.17) is 4.74 Å². The first-order valence-corrected chi connectivity index (χ1v) is 5.83. The van der Waals surface area contributed by atoms with Gasteiger partial charge in [-0.1, -0.05) is 46.3 Å². The second kappa shape index (κ2) is 5.12. The number of carbonyl (C=O) groups excluding carboxylic acids is 1. The molecule has 0 spiro atoms. The number of benzene rings is 2. The number of ether oxygens (including phenoxy) is 1. The van der Waals surface area contributed by atoms with E-state index in [1.54, 1.807) is 0 Å². The molecule has 2 rings (SSSR count). The second-order valence-electron chi connectivity index (χ2n) is 3.47. The fourth-order valence-electron chi connectivity index (χ4n) is 1.80. The summed E-state index contributed by atoms with van der Waals surface area (Å²) in [5.41, 5.74) is 1.19. The minimum atomic E-state index is 0.421. The predicted octanol–water partition coefficient (Wildman–Crippen LogP) is 3.32. The largest absolute Gasteiger partial charge is 0.468 e. The molecular formula is C13H11BrO2. The van der Waals surface area contributed by atoms with Crippen LogP contribution < -0.4 is 0 Å². The first-order chi connectivity index (χ1) is 7.83. The van der Waals surface area contributed by atoms with Crippen LogP contribution in [0.2, 0.25) is 0 Å². The summed E-state index contributed by atoms with van der Waals surface area (Å²) in [5.74, 6) is 0. The summed E-state index contributed by atoms with van der Waals surface area (Å²) < 4.78 is 5.81. The maximum absolute atomic E-state index is 10.1. The van der Waals surface area contributed by atoms with E-state index in [0.29, 0.717) is 13.1 Å². The summed E-state index contributed by atoms with van der Waals surface area (Å²) in [6, 6.07) is 12.3. The Morgan fingerprint density at radius 3 is 2.69 bits per heavy atom. The summed E-state index contributed by atoms with van der Waals surface area (Å²) >= 11 is 3.55. The van der Waals surface area contributed by atoms with Gasteiger partial charge in [-0.2, -0.15) is 0 Å². The van der Waals surface area contributed by atoms with Crippen molar-refractivity contribution in [2.24, 2.45) is 0 Å². The van der Waals surface area contributed by atoms with E-state index in [0.717, 1.165) is 10.9 Å². The molecule has 0 radical (unpaired) electrons. The zero-order chi connectivity index (χ0) is 11.4. The molecule has 0 fully saturated rings. The van der Waals surface area contributed by atoms with Crippen molar-refractivity contribution < 1.29 is 9.53 Å². The Kier molecular flexibility index (Phi) is 3.57. The van der Waals surface area contributed by atoms with E-state index in [1.165, 1.54) is 16.3 Å². The van der Waals surface area contributed by atoms with Crippen LogP contribution in [-0.2, 0) is 16.0 Å². The lowest BCUT2D eigenvalue weighted by Crippen LogP contribution is -1.97. The van der Waals surface area contributed by atoms with Crippen LogP contribution in [0.1, 0.15) is 5.56 Å². The molecule has 0 heterocycles. The quantitative estimate of drug-likeness (QED) is 0.634. The van der Waals surface area contributed by atoms with E-state index in [2.05, 4.69) is 34.1 Å². The third-order valence-corrected chi connectivity index (χ3v) is 3.16. The van der Waals surface area contributed by atoms with E-state index in [1.807, 2.05) is 18.2 Å². The molecule has 16 heavy (non-hydrogen) atoms. The number of carbonyl (C=O) groups is 1. The molecule has 0 N–H and O–H groups in total. The van der Waals surface area contributed by atoms with Gasteiger partial charge in [-0.25, -0.2) is 0 Å². The summed E-state index contributed by atoms with van der Waals surface area (Å²) in [5, 5.41) is 2.39. The molecular weight excluding hydrogens is 268 g/mol. The van der Waals surface area contributed by atoms with Gasteiger partial charge in [-0.05, 0) is 22.4 Å². The fourth-order valence-corrected chi connectivity index (χ4v) is 2.43. The third-order valence-electron chi connectivity index (χ3n) is 2.50. The average molecular weight is 279 g/mol. The SMILES string of the molecule is O=COCCc1cccc2cccc(Br)c12. The highest BCUT2D eigenvalue weighted by Crippen LogP contribution is 2.27. The van der Waals surface area contributed by atoms with Gasteiger partial charge in [0.2, 0.25) is 0 Å². The maximum atomic E-state index is 10.1. The highest BCUT2D eigenvalue weighted by atomic mass is 79.9. The summed E-state index contributed by atoms with van der Waals surface area (Å²) in [6.07, 6.45) is 0.735. The van der Waals surface area contributed by atoms with E-state index >= 15 is 0 Å². The molecule has 0 atom stereocenters. The Labute approximate surface area is 102 Å². The van der Waals surface area contributed by atoms with E-state index < -0.39 is 0 Å². The van der Waals surface area contributed by atoms with Gasteiger partial charge in [0.05, 0.1) is 6.61 Å². The molecule has 3 heteroatoms. The van der Waals surface area contributed by atoms with Crippen LogP contribution in [-0.4, -0.2) is 13.1 Å². The van der Waals surface area contributed by atoms with Gasteiger partial charge in [0, 0.05) is 10.9 Å². The fraction of sp³-hybridized carbons (Fsp3) is 0.154. The van der Waals surface area contributed by atoms with Crippen molar-refractivity contribution in [3.8, 4) is 0 Å². The van der Waals surface area contributed by atoms with Crippen LogP contribution in [0.15, 0.2) is 40.9 Å². The Bertz CT molecular complexity index is 503. The van der Waals surface area contributed by atoms with Gasteiger partial charge in [0.25, 0.3) is 6.47 Å². The molecule has 0 aliphatic heterocycles. The van der Waals surface area contributed by atoms with Crippen LogP contribution >= 0.6 is 15.9 Å². The number of rotatable bonds is 4. The Morgan fingerprint density at radius 2 is 1.94 bits per heavy atom. The highest BCUT2D eigenvalue weighted by molar-refractivity contribution is 9.10.